The molecule has 28 heavy (non-hydrogen) atoms. The topological polar surface area (TPSA) is 0 Å². The lowest BCUT2D eigenvalue weighted by Crippen LogP contribution is -1.91. The summed E-state index contributed by atoms with van der Waals surface area (Å²) in [6.45, 7) is 4.32. The third kappa shape index (κ3) is 2.70. The Hall–Kier alpha value is -3.38. The van der Waals surface area contributed by atoms with Gasteiger partial charge in [-0.05, 0) is 57.6 Å². The Morgan fingerprint density at radius 2 is 0.750 bits per heavy atom. The lowest BCUT2D eigenvalue weighted by Gasteiger charge is -2.18. The Morgan fingerprint density at radius 3 is 1.07 bits per heavy atom. The molecule has 0 bridgehead atoms. The molecule has 0 aliphatic carbocycles. The lowest BCUT2D eigenvalue weighted by molar-refractivity contribution is 1.47. The van der Waals surface area contributed by atoms with Crippen molar-refractivity contribution in [2.75, 3.05) is 0 Å². The van der Waals surface area contributed by atoms with E-state index in [1.54, 1.807) is 0 Å². The van der Waals surface area contributed by atoms with Crippen molar-refractivity contribution < 1.29 is 0 Å². The van der Waals surface area contributed by atoms with Gasteiger partial charge in [0.2, 0.25) is 0 Å². The van der Waals surface area contributed by atoms with Crippen LogP contribution in [0.1, 0.15) is 11.1 Å². The zero-order valence-electron chi connectivity index (χ0n) is 16.2. The maximum absolute atomic E-state index is 2.29. The molecule has 0 fully saturated rings. The maximum atomic E-state index is 2.29. The second-order valence-electron chi connectivity index (χ2n) is 7.58. The summed E-state index contributed by atoms with van der Waals surface area (Å²) in [5.74, 6) is 0. The van der Waals surface area contributed by atoms with Crippen LogP contribution in [0.2, 0.25) is 0 Å². The van der Waals surface area contributed by atoms with E-state index in [1.165, 1.54) is 54.9 Å². The minimum absolute atomic E-state index is 1.28. The third-order valence-electron chi connectivity index (χ3n) is 5.54. The first kappa shape index (κ1) is 16.8. The Kier molecular flexibility index (Phi) is 3.98. The van der Waals surface area contributed by atoms with Crippen molar-refractivity contribution in [3.05, 3.63) is 108 Å². The fourth-order valence-electron chi connectivity index (χ4n) is 4.35. The standard InChI is InChI=1S/C28H22/c1-19-9-7-11-21(17-19)27-23-13-3-5-15-25(23)28(22-12-8-10-20(2)18-22)26-16-6-4-14-24(26)27/h3-18H,1-2H3. The molecule has 0 aromatic heterocycles. The van der Waals surface area contributed by atoms with E-state index in [0.29, 0.717) is 0 Å². The first-order valence-corrected chi connectivity index (χ1v) is 9.80. The summed E-state index contributed by atoms with van der Waals surface area (Å²) in [5.41, 5.74) is 7.78. The number of hydrogen-bond donors (Lipinski definition) is 0. The molecule has 0 unspecified atom stereocenters. The van der Waals surface area contributed by atoms with Crippen LogP contribution in [0.5, 0.6) is 0 Å². The van der Waals surface area contributed by atoms with Crippen LogP contribution in [0, 0.1) is 13.8 Å². The molecule has 0 nitrogen and oxygen atoms in total. The van der Waals surface area contributed by atoms with Crippen molar-refractivity contribution in [2.45, 2.75) is 13.8 Å². The summed E-state index contributed by atoms with van der Waals surface area (Å²) in [4.78, 5) is 0. The van der Waals surface area contributed by atoms with Gasteiger partial charge in [-0.1, -0.05) is 108 Å². The highest BCUT2D eigenvalue weighted by Gasteiger charge is 2.16. The van der Waals surface area contributed by atoms with Gasteiger partial charge in [0.25, 0.3) is 0 Å². The molecule has 0 heteroatoms. The Bertz CT molecular complexity index is 1160. The monoisotopic (exact) mass is 358 g/mol. The molecule has 0 aliphatic heterocycles. The number of fused-ring (bicyclic) bond motifs is 2. The average molecular weight is 358 g/mol. The van der Waals surface area contributed by atoms with Crippen molar-refractivity contribution in [3.8, 4) is 22.3 Å². The van der Waals surface area contributed by atoms with Gasteiger partial charge in [0.1, 0.15) is 0 Å². The molecule has 0 N–H and O–H groups in total. The first-order valence-electron chi connectivity index (χ1n) is 9.80. The van der Waals surface area contributed by atoms with Gasteiger partial charge in [-0.15, -0.1) is 0 Å². The Morgan fingerprint density at radius 1 is 0.393 bits per heavy atom. The highest BCUT2D eigenvalue weighted by atomic mass is 14.2. The van der Waals surface area contributed by atoms with E-state index < -0.39 is 0 Å². The van der Waals surface area contributed by atoms with E-state index >= 15 is 0 Å². The fraction of sp³-hybridized carbons (Fsp3) is 0.0714. The number of aryl methyl sites for hydroxylation is 2. The summed E-state index contributed by atoms with van der Waals surface area (Å²) in [6, 6.07) is 35.3. The second-order valence-corrected chi connectivity index (χ2v) is 7.58. The Balaban J connectivity index is 2.00. The van der Waals surface area contributed by atoms with Crippen molar-refractivity contribution in [1.82, 2.24) is 0 Å². The van der Waals surface area contributed by atoms with Crippen LogP contribution in [0.4, 0.5) is 0 Å². The lowest BCUT2D eigenvalue weighted by atomic mass is 9.85. The summed E-state index contributed by atoms with van der Waals surface area (Å²) in [5, 5.41) is 5.23. The average Bonchev–Trinajstić information content (AvgIpc) is 2.72. The number of hydrogen-bond acceptors (Lipinski definition) is 0. The highest BCUT2D eigenvalue weighted by molar-refractivity contribution is 6.21. The second kappa shape index (κ2) is 6.65. The summed E-state index contributed by atoms with van der Waals surface area (Å²) < 4.78 is 0. The van der Waals surface area contributed by atoms with Gasteiger partial charge in [0, 0.05) is 0 Å². The van der Waals surface area contributed by atoms with Crippen LogP contribution < -0.4 is 0 Å². The SMILES string of the molecule is Cc1cccc(-c2c3ccccc3c(-c3cccc(C)c3)c3ccccc23)c1. The van der Waals surface area contributed by atoms with Gasteiger partial charge >= 0.3 is 0 Å². The molecule has 5 aromatic rings. The maximum Gasteiger partial charge on any atom is -0.00263 e. The molecular weight excluding hydrogens is 336 g/mol. The van der Waals surface area contributed by atoms with E-state index in [1.807, 2.05) is 0 Å². The molecule has 0 saturated heterocycles. The molecule has 0 atom stereocenters. The largest absolute Gasteiger partial charge is 0.0616 e. The van der Waals surface area contributed by atoms with Crippen molar-refractivity contribution in [2.24, 2.45) is 0 Å². The minimum Gasteiger partial charge on any atom is -0.0616 e. The quantitative estimate of drug-likeness (QED) is 0.281. The first-order chi connectivity index (χ1) is 13.7. The van der Waals surface area contributed by atoms with Crippen LogP contribution in [-0.4, -0.2) is 0 Å². The molecule has 134 valence electrons. The van der Waals surface area contributed by atoms with Crippen molar-refractivity contribution >= 4 is 21.5 Å². The predicted octanol–water partition coefficient (Wildman–Crippen LogP) is 7.94. The predicted molar refractivity (Wildman–Crippen MR) is 122 cm³/mol. The highest BCUT2D eigenvalue weighted by Crippen LogP contribution is 2.43. The van der Waals surface area contributed by atoms with E-state index in [0.717, 1.165) is 0 Å². The van der Waals surface area contributed by atoms with Gasteiger partial charge in [-0.3, -0.25) is 0 Å². The molecule has 5 aromatic carbocycles. The number of benzene rings is 5. The normalized spacial score (nSPS) is 11.2. The van der Waals surface area contributed by atoms with Crippen LogP contribution in [0.25, 0.3) is 43.8 Å². The van der Waals surface area contributed by atoms with E-state index in [4.69, 9.17) is 0 Å². The van der Waals surface area contributed by atoms with E-state index in [-0.39, 0.29) is 0 Å². The zero-order chi connectivity index (χ0) is 19.1. The van der Waals surface area contributed by atoms with E-state index in [9.17, 15) is 0 Å². The fourth-order valence-corrected chi connectivity index (χ4v) is 4.35. The van der Waals surface area contributed by atoms with Gasteiger partial charge in [0.05, 0.1) is 0 Å². The molecule has 0 heterocycles. The zero-order valence-corrected chi connectivity index (χ0v) is 16.2. The molecule has 0 spiro atoms. The molecule has 0 saturated carbocycles. The summed E-state index contributed by atoms with van der Waals surface area (Å²) in [7, 11) is 0. The summed E-state index contributed by atoms with van der Waals surface area (Å²) >= 11 is 0. The van der Waals surface area contributed by atoms with Gasteiger partial charge in [0.15, 0.2) is 0 Å². The van der Waals surface area contributed by atoms with Gasteiger partial charge < -0.3 is 0 Å². The molecule has 0 radical (unpaired) electrons. The van der Waals surface area contributed by atoms with E-state index in [2.05, 4.69) is 111 Å². The van der Waals surface area contributed by atoms with Gasteiger partial charge in [-0.25, -0.2) is 0 Å². The van der Waals surface area contributed by atoms with Crippen molar-refractivity contribution in [1.29, 1.82) is 0 Å². The Labute approximate surface area is 166 Å². The van der Waals surface area contributed by atoms with Gasteiger partial charge in [-0.2, -0.15) is 0 Å². The molecule has 0 amide bonds. The molecule has 0 aliphatic rings. The third-order valence-corrected chi connectivity index (χ3v) is 5.54. The van der Waals surface area contributed by atoms with Crippen LogP contribution >= 0.6 is 0 Å². The smallest absolute Gasteiger partial charge is 0.00263 e. The van der Waals surface area contributed by atoms with Crippen LogP contribution in [0.3, 0.4) is 0 Å². The summed E-state index contributed by atoms with van der Waals surface area (Å²) in [6.07, 6.45) is 0. The molecular formula is C28H22. The minimum atomic E-state index is 1.28. The van der Waals surface area contributed by atoms with Crippen LogP contribution in [-0.2, 0) is 0 Å². The number of rotatable bonds is 2. The molecule has 5 rings (SSSR count). The van der Waals surface area contributed by atoms with Crippen molar-refractivity contribution in [3.63, 3.8) is 0 Å². The van der Waals surface area contributed by atoms with Crippen LogP contribution in [0.15, 0.2) is 97.1 Å².